The van der Waals surface area contributed by atoms with Crippen LogP contribution in [-0.4, -0.2) is 26.2 Å². The molecule has 0 aromatic heterocycles. The molecule has 2 atom stereocenters. The minimum absolute atomic E-state index is 0.0577. The highest BCUT2D eigenvalue weighted by molar-refractivity contribution is 7.89. The Morgan fingerprint density at radius 1 is 1.33 bits per heavy atom. The van der Waals surface area contributed by atoms with Crippen LogP contribution in [0.15, 0.2) is 29.2 Å². The van der Waals surface area contributed by atoms with Gasteiger partial charge in [0.2, 0.25) is 10.0 Å². The predicted molar refractivity (Wildman–Crippen MR) is 72.1 cm³/mol. The smallest absolute Gasteiger partial charge is 0.242 e. The van der Waals surface area contributed by atoms with Crippen LogP contribution in [0.4, 0.5) is 0 Å². The molecule has 0 fully saturated rings. The SMILES string of the molecule is CC(O)CC(C)CNS(=O)(=O)c1ccccc1Cl. The van der Waals surface area contributed by atoms with E-state index in [0.29, 0.717) is 6.42 Å². The Labute approximate surface area is 113 Å². The van der Waals surface area contributed by atoms with Crippen LogP contribution in [-0.2, 0) is 10.0 Å². The monoisotopic (exact) mass is 291 g/mol. The summed E-state index contributed by atoms with van der Waals surface area (Å²) in [6.07, 6.45) is 0.107. The fraction of sp³-hybridized carbons (Fsp3) is 0.500. The van der Waals surface area contributed by atoms with Crippen LogP contribution in [0, 0.1) is 5.92 Å². The predicted octanol–water partition coefficient (Wildman–Crippen LogP) is 2.03. The number of hydrogen-bond acceptors (Lipinski definition) is 3. The number of rotatable bonds is 6. The zero-order chi connectivity index (χ0) is 13.8. The molecule has 0 heterocycles. The van der Waals surface area contributed by atoms with E-state index in [9.17, 15) is 13.5 Å². The number of aliphatic hydroxyl groups is 1. The van der Waals surface area contributed by atoms with Crippen LogP contribution in [0.1, 0.15) is 20.3 Å². The average molecular weight is 292 g/mol. The van der Waals surface area contributed by atoms with Gasteiger partial charge in [0.15, 0.2) is 0 Å². The van der Waals surface area contributed by atoms with Crippen molar-refractivity contribution >= 4 is 21.6 Å². The normalized spacial score (nSPS) is 15.3. The summed E-state index contributed by atoms with van der Waals surface area (Å²) in [5.41, 5.74) is 0. The summed E-state index contributed by atoms with van der Waals surface area (Å²) in [5.74, 6) is 0.0577. The molecule has 4 nitrogen and oxygen atoms in total. The van der Waals surface area contributed by atoms with Gasteiger partial charge in [0.05, 0.1) is 11.1 Å². The van der Waals surface area contributed by atoms with Gasteiger partial charge in [-0.05, 0) is 31.4 Å². The van der Waals surface area contributed by atoms with Crippen molar-refractivity contribution in [2.45, 2.75) is 31.3 Å². The van der Waals surface area contributed by atoms with E-state index in [1.165, 1.54) is 12.1 Å². The number of benzene rings is 1. The van der Waals surface area contributed by atoms with Crippen molar-refractivity contribution in [3.8, 4) is 0 Å². The molecule has 1 aromatic rings. The number of hydrogen-bond donors (Lipinski definition) is 2. The lowest BCUT2D eigenvalue weighted by Crippen LogP contribution is -2.29. The van der Waals surface area contributed by atoms with E-state index >= 15 is 0 Å². The quantitative estimate of drug-likeness (QED) is 0.843. The molecule has 0 saturated heterocycles. The Balaban J connectivity index is 2.69. The molecular formula is C12H18ClNO3S. The Kier molecular flexibility index (Phi) is 5.59. The summed E-state index contributed by atoms with van der Waals surface area (Å²) in [7, 11) is -3.59. The molecule has 0 saturated carbocycles. The molecule has 0 aliphatic carbocycles. The van der Waals surface area contributed by atoms with Gasteiger partial charge >= 0.3 is 0 Å². The molecule has 6 heteroatoms. The van der Waals surface area contributed by atoms with Crippen LogP contribution in [0.25, 0.3) is 0 Å². The van der Waals surface area contributed by atoms with Gasteiger partial charge in [-0.1, -0.05) is 30.7 Å². The van der Waals surface area contributed by atoms with Crippen molar-refractivity contribution in [2.24, 2.45) is 5.92 Å². The molecule has 2 N–H and O–H groups in total. The van der Waals surface area contributed by atoms with Crippen molar-refractivity contribution in [1.29, 1.82) is 0 Å². The van der Waals surface area contributed by atoms with Crippen molar-refractivity contribution in [2.75, 3.05) is 6.54 Å². The van der Waals surface area contributed by atoms with Crippen molar-refractivity contribution in [1.82, 2.24) is 4.72 Å². The average Bonchev–Trinajstić information content (AvgIpc) is 2.26. The van der Waals surface area contributed by atoms with Gasteiger partial charge in [-0.25, -0.2) is 13.1 Å². The van der Waals surface area contributed by atoms with Gasteiger partial charge in [-0.3, -0.25) is 0 Å². The molecule has 0 amide bonds. The van der Waals surface area contributed by atoms with Crippen molar-refractivity contribution in [3.05, 3.63) is 29.3 Å². The third-order valence-electron chi connectivity index (χ3n) is 2.49. The maximum atomic E-state index is 12.0. The van der Waals surface area contributed by atoms with E-state index in [2.05, 4.69) is 4.72 Å². The van der Waals surface area contributed by atoms with E-state index in [1.807, 2.05) is 6.92 Å². The number of nitrogens with one attached hydrogen (secondary N) is 1. The maximum Gasteiger partial charge on any atom is 0.242 e. The first-order valence-corrected chi connectivity index (χ1v) is 7.61. The van der Waals surface area contributed by atoms with Crippen LogP contribution in [0.3, 0.4) is 0 Å². The van der Waals surface area contributed by atoms with Gasteiger partial charge in [-0.15, -0.1) is 0 Å². The van der Waals surface area contributed by atoms with Crippen LogP contribution >= 0.6 is 11.6 Å². The molecule has 1 rings (SSSR count). The first-order chi connectivity index (χ1) is 8.33. The third-order valence-corrected chi connectivity index (χ3v) is 4.41. The Morgan fingerprint density at radius 3 is 2.50 bits per heavy atom. The largest absolute Gasteiger partial charge is 0.393 e. The molecule has 0 aliphatic heterocycles. The first-order valence-electron chi connectivity index (χ1n) is 5.75. The molecule has 0 radical (unpaired) electrons. The van der Waals surface area contributed by atoms with Gasteiger partial charge in [0.25, 0.3) is 0 Å². The number of sulfonamides is 1. The number of aliphatic hydroxyl groups excluding tert-OH is 1. The van der Waals surface area contributed by atoms with Gasteiger partial charge in [0, 0.05) is 6.54 Å². The van der Waals surface area contributed by atoms with Crippen LogP contribution in [0.5, 0.6) is 0 Å². The van der Waals surface area contributed by atoms with Crippen LogP contribution in [0.2, 0.25) is 5.02 Å². The fourth-order valence-corrected chi connectivity index (χ4v) is 3.34. The molecule has 2 unspecified atom stereocenters. The summed E-state index contributed by atoms with van der Waals surface area (Å²) in [6.45, 7) is 3.83. The molecule has 102 valence electrons. The van der Waals surface area contributed by atoms with E-state index in [4.69, 9.17) is 11.6 Å². The second-order valence-electron chi connectivity index (χ2n) is 4.47. The lowest BCUT2D eigenvalue weighted by atomic mass is 10.1. The minimum Gasteiger partial charge on any atom is -0.393 e. The third kappa shape index (κ3) is 4.57. The maximum absolute atomic E-state index is 12.0. The van der Waals surface area contributed by atoms with Gasteiger partial charge < -0.3 is 5.11 Å². The number of halogens is 1. The van der Waals surface area contributed by atoms with E-state index in [-0.39, 0.29) is 22.4 Å². The van der Waals surface area contributed by atoms with Crippen molar-refractivity contribution in [3.63, 3.8) is 0 Å². The Morgan fingerprint density at radius 2 is 1.94 bits per heavy atom. The van der Waals surface area contributed by atoms with E-state index < -0.39 is 16.1 Å². The molecule has 1 aromatic carbocycles. The summed E-state index contributed by atoms with van der Waals surface area (Å²) in [4.78, 5) is 0.0795. The highest BCUT2D eigenvalue weighted by Gasteiger charge is 2.18. The standard InChI is InChI=1S/C12H18ClNO3S/c1-9(7-10(2)15)8-14-18(16,17)12-6-4-3-5-11(12)13/h3-6,9-10,14-15H,7-8H2,1-2H3. The Hall–Kier alpha value is -0.620. The summed E-state index contributed by atoms with van der Waals surface area (Å²) >= 11 is 5.85. The molecule has 18 heavy (non-hydrogen) atoms. The van der Waals surface area contributed by atoms with Gasteiger partial charge in [-0.2, -0.15) is 0 Å². The Bertz CT molecular complexity index is 488. The highest BCUT2D eigenvalue weighted by atomic mass is 35.5. The van der Waals surface area contributed by atoms with Crippen LogP contribution < -0.4 is 4.72 Å². The summed E-state index contributed by atoms with van der Waals surface area (Å²) < 4.78 is 26.5. The molecule has 0 spiro atoms. The molecule has 0 aliphatic rings. The zero-order valence-corrected chi connectivity index (χ0v) is 12.0. The van der Waals surface area contributed by atoms with E-state index in [1.54, 1.807) is 19.1 Å². The highest BCUT2D eigenvalue weighted by Crippen LogP contribution is 2.20. The summed E-state index contributed by atoms with van der Waals surface area (Å²) in [5, 5.41) is 9.42. The van der Waals surface area contributed by atoms with Gasteiger partial charge in [0.1, 0.15) is 4.90 Å². The lowest BCUT2D eigenvalue weighted by Gasteiger charge is -2.14. The topological polar surface area (TPSA) is 66.4 Å². The first kappa shape index (κ1) is 15.4. The molecule has 0 bridgehead atoms. The fourth-order valence-electron chi connectivity index (χ4n) is 1.66. The minimum atomic E-state index is -3.59. The zero-order valence-electron chi connectivity index (χ0n) is 10.4. The second kappa shape index (κ2) is 6.52. The van der Waals surface area contributed by atoms with Crippen molar-refractivity contribution < 1.29 is 13.5 Å². The summed E-state index contributed by atoms with van der Waals surface area (Å²) in [6, 6.07) is 6.30. The lowest BCUT2D eigenvalue weighted by molar-refractivity contribution is 0.165. The van der Waals surface area contributed by atoms with E-state index in [0.717, 1.165) is 0 Å². The second-order valence-corrected chi connectivity index (χ2v) is 6.61. The molecular weight excluding hydrogens is 274 g/mol.